The number of hydrogen-bond donors (Lipinski definition) is 1. The van der Waals surface area contributed by atoms with E-state index in [2.05, 4.69) is 20.6 Å². The Labute approximate surface area is 180 Å². The van der Waals surface area contributed by atoms with Gasteiger partial charge in [-0.2, -0.15) is 0 Å². The molecule has 0 fully saturated rings. The summed E-state index contributed by atoms with van der Waals surface area (Å²) in [5.74, 6) is -1.52. The zero-order valence-electron chi connectivity index (χ0n) is 16.6. The van der Waals surface area contributed by atoms with Crippen molar-refractivity contribution in [1.82, 2.24) is 20.0 Å². The fourth-order valence-corrected chi connectivity index (χ4v) is 3.80. The van der Waals surface area contributed by atoms with E-state index in [1.54, 1.807) is 37.0 Å². The SMILES string of the molecule is COc1ccc(-n2nnc(C(=O)Nc3ncc(Cc4ccc(F)c(F)c4)s3)c2C)cc1. The molecule has 0 radical (unpaired) electrons. The number of aromatic nitrogens is 4. The monoisotopic (exact) mass is 441 g/mol. The van der Waals surface area contributed by atoms with Gasteiger partial charge in [-0.1, -0.05) is 11.3 Å². The number of amides is 1. The Hall–Kier alpha value is -3.66. The van der Waals surface area contributed by atoms with Gasteiger partial charge in [0.2, 0.25) is 0 Å². The maximum absolute atomic E-state index is 13.4. The van der Waals surface area contributed by atoms with Crippen LogP contribution in [0.5, 0.6) is 5.75 Å². The van der Waals surface area contributed by atoms with Crippen LogP contribution >= 0.6 is 11.3 Å². The molecule has 2 heterocycles. The first-order valence-electron chi connectivity index (χ1n) is 9.21. The lowest BCUT2D eigenvalue weighted by Crippen LogP contribution is -2.14. The van der Waals surface area contributed by atoms with Gasteiger partial charge in [0.05, 0.1) is 18.5 Å². The van der Waals surface area contributed by atoms with Crippen LogP contribution in [0.2, 0.25) is 0 Å². The number of carbonyl (C=O) groups excluding carboxylic acids is 1. The van der Waals surface area contributed by atoms with Crippen LogP contribution in [0.15, 0.2) is 48.7 Å². The van der Waals surface area contributed by atoms with Gasteiger partial charge in [0.1, 0.15) is 5.75 Å². The largest absolute Gasteiger partial charge is 0.497 e. The normalized spacial score (nSPS) is 10.8. The fraction of sp³-hybridized carbons (Fsp3) is 0.143. The molecular formula is C21H17F2N5O2S. The molecule has 4 rings (SSSR count). The average Bonchev–Trinajstić information content (AvgIpc) is 3.37. The Kier molecular flexibility index (Phi) is 5.72. The molecule has 10 heteroatoms. The summed E-state index contributed by atoms with van der Waals surface area (Å²) in [6.45, 7) is 1.75. The molecule has 2 aromatic carbocycles. The highest BCUT2D eigenvalue weighted by molar-refractivity contribution is 7.15. The molecule has 1 amide bonds. The highest BCUT2D eigenvalue weighted by Crippen LogP contribution is 2.23. The molecule has 1 N–H and O–H groups in total. The van der Waals surface area contributed by atoms with Crippen molar-refractivity contribution < 1.29 is 18.3 Å². The number of hydrogen-bond acceptors (Lipinski definition) is 6. The summed E-state index contributed by atoms with van der Waals surface area (Å²) in [6.07, 6.45) is 1.96. The lowest BCUT2D eigenvalue weighted by Gasteiger charge is -2.05. The lowest BCUT2D eigenvalue weighted by atomic mass is 10.1. The van der Waals surface area contributed by atoms with Gasteiger partial charge in [-0.25, -0.2) is 18.4 Å². The first-order valence-corrected chi connectivity index (χ1v) is 10.0. The van der Waals surface area contributed by atoms with E-state index in [0.29, 0.717) is 28.6 Å². The molecule has 0 saturated carbocycles. The standard InChI is InChI=1S/C21H17F2N5O2S/c1-12-19(26-27-28(12)14-4-6-15(30-2)7-5-14)20(29)25-21-24-11-16(31-21)9-13-3-8-17(22)18(23)10-13/h3-8,10-11H,9H2,1-2H3,(H,24,25,29). The van der Waals surface area contributed by atoms with E-state index in [1.165, 1.54) is 17.4 Å². The Morgan fingerprint density at radius 2 is 1.94 bits per heavy atom. The van der Waals surface area contributed by atoms with Gasteiger partial charge in [0.25, 0.3) is 5.91 Å². The fourth-order valence-electron chi connectivity index (χ4n) is 2.96. The second-order valence-corrected chi connectivity index (χ2v) is 7.76. The van der Waals surface area contributed by atoms with E-state index in [0.717, 1.165) is 22.7 Å². The summed E-state index contributed by atoms with van der Waals surface area (Å²) >= 11 is 1.25. The molecule has 7 nitrogen and oxygen atoms in total. The molecule has 0 aliphatic rings. The summed E-state index contributed by atoms with van der Waals surface area (Å²) in [6, 6.07) is 11.0. The number of nitrogens with one attached hydrogen (secondary N) is 1. The van der Waals surface area contributed by atoms with Crippen LogP contribution in [0.4, 0.5) is 13.9 Å². The summed E-state index contributed by atoms with van der Waals surface area (Å²) in [7, 11) is 1.58. The van der Waals surface area contributed by atoms with Gasteiger partial charge >= 0.3 is 0 Å². The van der Waals surface area contributed by atoms with Crippen LogP contribution < -0.4 is 10.1 Å². The van der Waals surface area contributed by atoms with Gasteiger partial charge in [0.15, 0.2) is 22.5 Å². The van der Waals surface area contributed by atoms with Crippen molar-refractivity contribution >= 4 is 22.4 Å². The van der Waals surface area contributed by atoms with E-state index in [4.69, 9.17) is 4.74 Å². The van der Waals surface area contributed by atoms with E-state index in [9.17, 15) is 13.6 Å². The number of ether oxygens (including phenoxy) is 1. The minimum Gasteiger partial charge on any atom is -0.497 e. The first kappa shape index (κ1) is 20.6. The van der Waals surface area contributed by atoms with Crippen molar-refractivity contribution in [2.75, 3.05) is 12.4 Å². The molecule has 0 aliphatic heterocycles. The predicted octanol–water partition coefficient (Wildman–Crippen LogP) is 4.16. The molecule has 0 unspecified atom stereocenters. The molecule has 0 saturated heterocycles. The Morgan fingerprint density at radius 1 is 1.16 bits per heavy atom. The smallest absolute Gasteiger partial charge is 0.279 e. The Bertz CT molecular complexity index is 1240. The van der Waals surface area contributed by atoms with Gasteiger partial charge in [-0.15, -0.1) is 16.4 Å². The van der Waals surface area contributed by atoms with Crippen molar-refractivity contribution in [2.45, 2.75) is 13.3 Å². The quantitative estimate of drug-likeness (QED) is 0.486. The van der Waals surface area contributed by atoms with Crippen LogP contribution in [0, 0.1) is 18.6 Å². The number of nitrogens with zero attached hydrogens (tertiary/aromatic N) is 4. The van der Waals surface area contributed by atoms with Crippen molar-refractivity contribution in [3.63, 3.8) is 0 Å². The molecule has 0 aliphatic carbocycles. The number of thiazole rings is 1. The van der Waals surface area contributed by atoms with E-state index < -0.39 is 17.5 Å². The van der Waals surface area contributed by atoms with Crippen molar-refractivity contribution in [2.24, 2.45) is 0 Å². The molecule has 0 spiro atoms. The molecule has 158 valence electrons. The lowest BCUT2D eigenvalue weighted by molar-refractivity contribution is 0.102. The number of carbonyl (C=O) groups is 1. The van der Waals surface area contributed by atoms with Gasteiger partial charge in [-0.3, -0.25) is 10.1 Å². The minimum atomic E-state index is -0.897. The molecular weight excluding hydrogens is 424 g/mol. The third kappa shape index (κ3) is 4.43. The van der Waals surface area contributed by atoms with Crippen molar-refractivity contribution in [3.05, 3.63) is 82.1 Å². The third-order valence-corrected chi connectivity index (χ3v) is 5.48. The summed E-state index contributed by atoms with van der Waals surface area (Å²) in [4.78, 5) is 17.6. The van der Waals surface area contributed by atoms with Crippen LogP contribution in [-0.4, -0.2) is 33.0 Å². The molecule has 0 atom stereocenters. The molecule has 31 heavy (non-hydrogen) atoms. The summed E-state index contributed by atoms with van der Waals surface area (Å²) in [5, 5.41) is 11.1. The maximum atomic E-state index is 13.4. The number of benzene rings is 2. The number of anilines is 1. The van der Waals surface area contributed by atoms with Gasteiger partial charge in [-0.05, 0) is 48.9 Å². The van der Waals surface area contributed by atoms with E-state index >= 15 is 0 Å². The van der Waals surface area contributed by atoms with Crippen LogP contribution in [0.1, 0.15) is 26.6 Å². The average molecular weight is 441 g/mol. The first-order chi connectivity index (χ1) is 14.9. The zero-order valence-corrected chi connectivity index (χ0v) is 17.4. The van der Waals surface area contributed by atoms with Crippen LogP contribution in [0.3, 0.4) is 0 Å². The highest BCUT2D eigenvalue weighted by Gasteiger charge is 2.19. The number of methoxy groups -OCH3 is 1. The maximum Gasteiger partial charge on any atom is 0.279 e. The molecule has 2 aromatic heterocycles. The third-order valence-electron chi connectivity index (χ3n) is 4.56. The number of halogens is 2. The number of rotatable bonds is 6. The van der Waals surface area contributed by atoms with E-state index in [1.807, 2.05) is 12.1 Å². The molecule has 0 bridgehead atoms. The second-order valence-electron chi connectivity index (χ2n) is 6.64. The summed E-state index contributed by atoms with van der Waals surface area (Å²) < 4.78 is 33.2. The van der Waals surface area contributed by atoms with Crippen molar-refractivity contribution in [1.29, 1.82) is 0 Å². The summed E-state index contributed by atoms with van der Waals surface area (Å²) in [5.41, 5.74) is 2.10. The van der Waals surface area contributed by atoms with E-state index in [-0.39, 0.29) is 5.69 Å². The van der Waals surface area contributed by atoms with Crippen LogP contribution in [-0.2, 0) is 6.42 Å². The Balaban J connectivity index is 1.46. The van der Waals surface area contributed by atoms with Gasteiger partial charge < -0.3 is 4.74 Å². The van der Waals surface area contributed by atoms with Crippen LogP contribution in [0.25, 0.3) is 5.69 Å². The second kappa shape index (κ2) is 8.60. The molecule has 4 aromatic rings. The van der Waals surface area contributed by atoms with Crippen molar-refractivity contribution in [3.8, 4) is 11.4 Å². The highest BCUT2D eigenvalue weighted by atomic mass is 32.1. The topological polar surface area (TPSA) is 81.9 Å². The Morgan fingerprint density at radius 3 is 2.65 bits per heavy atom. The van der Waals surface area contributed by atoms with Gasteiger partial charge in [0, 0.05) is 17.5 Å². The minimum absolute atomic E-state index is 0.174. The predicted molar refractivity (Wildman–Crippen MR) is 112 cm³/mol. The zero-order chi connectivity index (χ0) is 22.0.